The Hall–Kier alpha value is -1.14. The molecule has 2 aliphatic heterocycles. The number of nitrogens with one attached hydrogen (secondary N) is 1. The molecule has 0 radical (unpaired) electrons. The lowest BCUT2D eigenvalue weighted by molar-refractivity contribution is -0.148. The van der Waals surface area contributed by atoms with Gasteiger partial charge in [-0.25, -0.2) is 0 Å². The number of benzene rings is 1. The first kappa shape index (κ1) is 15.7. The van der Waals surface area contributed by atoms with Gasteiger partial charge in [0.15, 0.2) is 5.79 Å². The number of phenolic OH excluding ortho intramolecular Hbond substituents is 1. The summed E-state index contributed by atoms with van der Waals surface area (Å²) in [5, 5.41) is 12.8. The molecule has 3 rings (SSSR count). The van der Waals surface area contributed by atoms with Gasteiger partial charge < -0.3 is 24.6 Å². The van der Waals surface area contributed by atoms with Crippen LogP contribution < -0.4 is 5.32 Å². The normalized spacial score (nSPS) is 31.3. The van der Waals surface area contributed by atoms with Crippen LogP contribution in [0.1, 0.15) is 31.7 Å². The van der Waals surface area contributed by atoms with Crippen LogP contribution in [0.25, 0.3) is 0 Å². The Labute approximate surface area is 131 Å². The molecule has 2 fully saturated rings. The quantitative estimate of drug-likeness (QED) is 0.891. The van der Waals surface area contributed by atoms with Crippen LogP contribution in [0.15, 0.2) is 24.3 Å². The largest absolute Gasteiger partial charge is 0.508 e. The number of hydrogen-bond donors (Lipinski definition) is 2. The topological polar surface area (TPSA) is 60.0 Å². The van der Waals surface area contributed by atoms with E-state index in [0.717, 1.165) is 19.5 Å². The van der Waals surface area contributed by atoms with Crippen LogP contribution in [-0.4, -0.2) is 49.4 Å². The fourth-order valence-electron chi connectivity index (χ4n) is 3.18. The van der Waals surface area contributed by atoms with Crippen molar-refractivity contribution in [2.45, 2.75) is 44.2 Å². The number of phenols is 1. The zero-order valence-electron chi connectivity index (χ0n) is 13.2. The van der Waals surface area contributed by atoms with E-state index in [1.807, 2.05) is 26.0 Å². The minimum Gasteiger partial charge on any atom is -0.508 e. The van der Waals surface area contributed by atoms with E-state index in [0.29, 0.717) is 24.9 Å². The van der Waals surface area contributed by atoms with Crippen LogP contribution in [0.4, 0.5) is 0 Å². The molecule has 1 aromatic rings. The highest BCUT2D eigenvalue weighted by Crippen LogP contribution is 2.30. The fraction of sp³-hybridized carbons (Fsp3) is 0.647. The van der Waals surface area contributed by atoms with E-state index in [-0.39, 0.29) is 12.2 Å². The molecule has 2 aliphatic rings. The maximum absolute atomic E-state index is 9.44. The lowest BCUT2D eigenvalue weighted by Gasteiger charge is -2.33. The lowest BCUT2D eigenvalue weighted by atomic mass is 9.87. The molecule has 0 spiro atoms. The van der Waals surface area contributed by atoms with Crippen molar-refractivity contribution in [2.75, 3.05) is 26.3 Å². The number of aromatic hydroxyl groups is 1. The van der Waals surface area contributed by atoms with Crippen molar-refractivity contribution in [3.05, 3.63) is 29.8 Å². The van der Waals surface area contributed by atoms with Crippen molar-refractivity contribution in [3.63, 3.8) is 0 Å². The molecule has 2 unspecified atom stereocenters. The molecule has 0 saturated carbocycles. The Bertz CT molecular complexity index is 488. The lowest BCUT2D eigenvalue weighted by Crippen LogP contribution is -2.42. The van der Waals surface area contributed by atoms with Crippen molar-refractivity contribution >= 4 is 0 Å². The van der Waals surface area contributed by atoms with E-state index in [1.165, 1.54) is 5.56 Å². The summed E-state index contributed by atoms with van der Waals surface area (Å²) in [7, 11) is 0. The third-order valence-corrected chi connectivity index (χ3v) is 4.31. The van der Waals surface area contributed by atoms with Crippen LogP contribution in [0.5, 0.6) is 5.75 Å². The highest BCUT2D eigenvalue weighted by molar-refractivity contribution is 5.29. The average molecular weight is 307 g/mol. The zero-order chi connectivity index (χ0) is 15.6. The van der Waals surface area contributed by atoms with Crippen molar-refractivity contribution < 1.29 is 19.3 Å². The maximum atomic E-state index is 9.44. The number of hydrogen-bond acceptors (Lipinski definition) is 5. The molecule has 2 N–H and O–H groups in total. The van der Waals surface area contributed by atoms with E-state index < -0.39 is 5.79 Å². The van der Waals surface area contributed by atoms with Gasteiger partial charge in [0.25, 0.3) is 0 Å². The molecule has 5 heteroatoms. The predicted octanol–water partition coefficient (Wildman–Crippen LogP) is 2.01. The fourth-order valence-corrected chi connectivity index (χ4v) is 3.18. The molecule has 0 aromatic heterocycles. The Morgan fingerprint density at radius 3 is 2.77 bits per heavy atom. The third kappa shape index (κ3) is 3.79. The van der Waals surface area contributed by atoms with Gasteiger partial charge in [-0.05, 0) is 44.5 Å². The van der Waals surface area contributed by atoms with E-state index in [2.05, 4.69) is 5.32 Å². The van der Waals surface area contributed by atoms with Crippen molar-refractivity contribution in [2.24, 2.45) is 0 Å². The van der Waals surface area contributed by atoms with Crippen LogP contribution in [0, 0.1) is 0 Å². The number of rotatable bonds is 4. The van der Waals surface area contributed by atoms with Gasteiger partial charge in [0.1, 0.15) is 11.9 Å². The molecule has 1 aromatic carbocycles. The number of piperidine rings is 1. The first-order chi connectivity index (χ1) is 10.5. The summed E-state index contributed by atoms with van der Waals surface area (Å²) in [5.74, 6) is 0.140. The number of ether oxygens (including phenoxy) is 3. The van der Waals surface area contributed by atoms with Crippen LogP contribution >= 0.6 is 0 Å². The molecule has 0 amide bonds. The molecule has 122 valence electrons. The first-order valence-electron chi connectivity index (χ1n) is 7.96. The summed E-state index contributed by atoms with van der Waals surface area (Å²) in [5.41, 5.74) is 1.22. The van der Waals surface area contributed by atoms with Gasteiger partial charge in [0.2, 0.25) is 0 Å². The monoisotopic (exact) mass is 307 g/mol. The van der Waals surface area contributed by atoms with Crippen LogP contribution in [0.2, 0.25) is 0 Å². The summed E-state index contributed by atoms with van der Waals surface area (Å²) in [6, 6.07) is 7.45. The molecular weight excluding hydrogens is 282 g/mol. The first-order valence-corrected chi connectivity index (χ1v) is 7.96. The molecular formula is C17H25NO4. The highest BCUT2D eigenvalue weighted by Gasteiger charge is 2.34. The van der Waals surface area contributed by atoms with Gasteiger partial charge >= 0.3 is 0 Å². The average Bonchev–Trinajstić information content (AvgIpc) is 2.86. The maximum Gasteiger partial charge on any atom is 0.163 e. The molecule has 0 bridgehead atoms. The highest BCUT2D eigenvalue weighted by atomic mass is 16.7. The van der Waals surface area contributed by atoms with Crippen LogP contribution in [0.3, 0.4) is 0 Å². The van der Waals surface area contributed by atoms with Crippen LogP contribution in [-0.2, 0) is 14.2 Å². The molecule has 5 nitrogen and oxygen atoms in total. The third-order valence-electron chi connectivity index (χ3n) is 4.31. The van der Waals surface area contributed by atoms with E-state index in [4.69, 9.17) is 14.2 Å². The van der Waals surface area contributed by atoms with E-state index >= 15 is 0 Å². The van der Waals surface area contributed by atoms with Gasteiger partial charge in [-0.15, -0.1) is 0 Å². The zero-order valence-corrected chi connectivity index (χ0v) is 13.2. The minimum atomic E-state index is -0.505. The summed E-state index contributed by atoms with van der Waals surface area (Å²) in [4.78, 5) is 0. The van der Waals surface area contributed by atoms with E-state index in [9.17, 15) is 5.11 Å². The summed E-state index contributed by atoms with van der Waals surface area (Å²) in [6.07, 6.45) is 1.14. The SMILES string of the molecule is CC1(C)OC[C@H](COC2CNCCC2c2ccc(O)cc2)O1. The summed E-state index contributed by atoms with van der Waals surface area (Å²) >= 11 is 0. The molecule has 2 heterocycles. The molecule has 22 heavy (non-hydrogen) atoms. The van der Waals surface area contributed by atoms with Gasteiger partial charge in [-0.3, -0.25) is 0 Å². The molecule has 0 aliphatic carbocycles. The van der Waals surface area contributed by atoms with Gasteiger partial charge in [-0.2, -0.15) is 0 Å². The predicted molar refractivity (Wildman–Crippen MR) is 83.0 cm³/mol. The summed E-state index contributed by atoms with van der Waals surface area (Å²) in [6.45, 7) is 6.80. The smallest absolute Gasteiger partial charge is 0.163 e. The molecule has 3 atom stereocenters. The second kappa shape index (κ2) is 6.54. The Morgan fingerprint density at radius 1 is 1.32 bits per heavy atom. The van der Waals surface area contributed by atoms with Gasteiger partial charge in [-0.1, -0.05) is 12.1 Å². The minimum absolute atomic E-state index is 0.00241. The Balaban J connectivity index is 1.59. The molecule has 2 saturated heterocycles. The van der Waals surface area contributed by atoms with Crippen molar-refractivity contribution in [1.82, 2.24) is 5.32 Å². The van der Waals surface area contributed by atoms with E-state index in [1.54, 1.807) is 12.1 Å². The van der Waals surface area contributed by atoms with Gasteiger partial charge in [0.05, 0.1) is 19.3 Å². The van der Waals surface area contributed by atoms with Gasteiger partial charge in [0, 0.05) is 12.5 Å². The van der Waals surface area contributed by atoms with Crippen molar-refractivity contribution in [1.29, 1.82) is 0 Å². The standard InChI is InChI=1S/C17H25NO4/c1-17(2)21-11-14(22-17)10-20-16-9-18-8-7-15(16)12-3-5-13(19)6-4-12/h3-6,14-16,18-19H,7-11H2,1-2H3/t14-,15?,16?/m0/s1. The Morgan fingerprint density at radius 2 is 2.09 bits per heavy atom. The summed E-state index contributed by atoms with van der Waals surface area (Å²) < 4.78 is 17.5. The second-order valence-corrected chi connectivity index (χ2v) is 6.51. The Kier molecular flexibility index (Phi) is 4.68. The van der Waals surface area contributed by atoms with Crippen molar-refractivity contribution in [3.8, 4) is 5.75 Å². The second-order valence-electron chi connectivity index (χ2n) is 6.51.